The number of carboxylic acid groups (broad SMARTS) is 1. The molecule has 0 radical (unpaired) electrons. The summed E-state index contributed by atoms with van der Waals surface area (Å²) in [6.07, 6.45) is 1.22. The standard InChI is InChI=1S/C15H14O7/c1-19-10-4-3-5-11(20-2)12(10)15(18)22-8-9-6-7-21-13(9)14(16)17/h3-7H,8H2,1-2H3,(H,16,17). The molecule has 7 nitrogen and oxygen atoms in total. The number of carbonyl (C=O) groups excluding carboxylic acids is 1. The van der Waals surface area contributed by atoms with Crippen LogP contribution in [0.5, 0.6) is 11.5 Å². The van der Waals surface area contributed by atoms with E-state index in [2.05, 4.69) is 0 Å². The normalized spacial score (nSPS) is 10.1. The molecule has 0 atom stereocenters. The van der Waals surface area contributed by atoms with Gasteiger partial charge in [-0.25, -0.2) is 9.59 Å². The number of hydrogen-bond donors (Lipinski definition) is 1. The molecule has 1 aromatic heterocycles. The van der Waals surface area contributed by atoms with Crippen molar-refractivity contribution >= 4 is 11.9 Å². The van der Waals surface area contributed by atoms with Gasteiger partial charge in [-0.1, -0.05) is 6.07 Å². The van der Waals surface area contributed by atoms with Crippen LogP contribution in [0.4, 0.5) is 0 Å². The summed E-state index contributed by atoms with van der Waals surface area (Å²) in [5, 5.41) is 8.93. The minimum absolute atomic E-state index is 0.132. The van der Waals surface area contributed by atoms with Gasteiger partial charge in [0.1, 0.15) is 23.7 Å². The summed E-state index contributed by atoms with van der Waals surface area (Å²) < 4.78 is 20.2. The van der Waals surface area contributed by atoms with Gasteiger partial charge in [-0.05, 0) is 18.2 Å². The molecule has 2 aromatic rings. The van der Waals surface area contributed by atoms with Crippen molar-refractivity contribution in [1.82, 2.24) is 0 Å². The molecule has 0 spiro atoms. The molecule has 2 rings (SSSR count). The first-order chi connectivity index (χ1) is 10.6. The van der Waals surface area contributed by atoms with E-state index in [1.165, 1.54) is 26.5 Å². The molecule has 0 aliphatic rings. The maximum absolute atomic E-state index is 12.2. The van der Waals surface area contributed by atoms with Crippen molar-refractivity contribution in [2.24, 2.45) is 0 Å². The van der Waals surface area contributed by atoms with Gasteiger partial charge in [-0.2, -0.15) is 0 Å². The summed E-state index contributed by atoms with van der Waals surface area (Å²) in [5.41, 5.74) is 0.391. The monoisotopic (exact) mass is 306 g/mol. The predicted molar refractivity (Wildman–Crippen MR) is 74.3 cm³/mol. The molecule has 0 unspecified atom stereocenters. The first-order valence-electron chi connectivity index (χ1n) is 6.26. The Balaban J connectivity index is 2.19. The number of aromatic carboxylic acids is 1. The van der Waals surface area contributed by atoms with Crippen LogP contribution in [0.3, 0.4) is 0 Å². The molecule has 0 aliphatic heterocycles. The first-order valence-corrected chi connectivity index (χ1v) is 6.26. The van der Waals surface area contributed by atoms with Gasteiger partial charge in [-0.3, -0.25) is 0 Å². The van der Waals surface area contributed by atoms with E-state index in [1.807, 2.05) is 0 Å². The molecule has 0 saturated heterocycles. The molecule has 0 amide bonds. The number of carboxylic acids is 1. The van der Waals surface area contributed by atoms with Crippen molar-refractivity contribution in [3.05, 3.63) is 47.4 Å². The highest BCUT2D eigenvalue weighted by Crippen LogP contribution is 2.29. The van der Waals surface area contributed by atoms with Crippen molar-refractivity contribution in [2.75, 3.05) is 14.2 Å². The molecule has 0 saturated carbocycles. The highest BCUT2D eigenvalue weighted by molar-refractivity contribution is 5.95. The van der Waals surface area contributed by atoms with Gasteiger partial charge in [0.2, 0.25) is 5.76 Å². The predicted octanol–water partition coefficient (Wildman–Crippen LogP) is 2.35. The second kappa shape index (κ2) is 6.66. The van der Waals surface area contributed by atoms with Crippen LogP contribution in [0.2, 0.25) is 0 Å². The van der Waals surface area contributed by atoms with Crippen molar-refractivity contribution in [3.8, 4) is 11.5 Å². The number of hydrogen-bond acceptors (Lipinski definition) is 6. The van der Waals surface area contributed by atoms with Gasteiger partial charge in [0.15, 0.2) is 0 Å². The molecular weight excluding hydrogens is 292 g/mol. The largest absolute Gasteiger partial charge is 0.496 e. The number of ether oxygens (including phenoxy) is 3. The van der Waals surface area contributed by atoms with Gasteiger partial charge in [0, 0.05) is 5.56 Å². The minimum Gasteiger partial charge on any atom is -0.496 e. The van der Waals surface area contributed by atoms with E-state index < -0.39 is 11.9 Å². The van der Waals surface area contributed by atoms with Crippen molar-refractivity contribution in [3.63, 3.8) is 0 Å². The van der Waals surface area contributed by atoms with Crippen molar-refractivity contribution in [1.29, 1.82) is 0 Å². The Morgan fingerprint density at radius 3 is 2.32 bits per heavy atom. The van der Waals surface area contributed by atoms with E-state index in [0.29, 0.717) is 11.5 Å². The zero-order valence-electron chi connectivity index (χ0n) is 12.0. The lowest BCUT2D eigenvalue weighted by Gasteiger charge is -2.12. The van der Waals surface area contributed by atoms with Gasteiger partial charge < -0.3 is 23.7 Å². The highest BCUT2D eigenvalue weighted by Gasteiger charge is 2.21. The molecule has 1 N–H and O–H groups in total. The average Bonchev–Trinajstić information content (AvgIpc) is 3.00. The van der Waals surface area contributed by atoms with E-state index in [1.54, 1.807) is 18.2 Å². The maximum Gasteiger partial charge on any atom is 0.372 e. The van der Waals surface area contributed by atoms with Crippen LogP contribution in [-0.4, -0.2) is 31.3 Å². The Morgan fingerprint density at radius 2 is 1.77 bits per heavy atom. The van der Waals surface area contributed by atoms with Gasteiger partial charge >= 0.3 is 11.9 Å². The molecule has 1 aromatic carbocycles. The Labute approximate surface area is 126 Å². The molecule has 1 heterocycles. The van der Waals surface area contributed by atoms with Crippen molar-refractivity contribution < 1.29 is 33.3 Å². The lowest BCUT2D eigenvalue weighted by Crippen LogP contribution is -2.10. The molecule has 0 aliphatic carbocycles. The average molecular weight is 306 g/mol. The molecule has 7 heteroatoms. The number of methoxy groups -OCH3 is 2. The summed E-state index contributed by atoms with van der Waals surface area (Å²) in [6.45, 7) is -0.238. The highest BCUT2D eigenvalue weighted by atomic mass is 16.5. The number of esters is 1. The van der Waals surface area contributed by atoms with E-state index in [4.69, 9.17) is 23.7 Å². The Kier molecular flexibility index (Phi) is 4.67. The van der Waals surface area contributed by atoms with E-state index in [0.717, 1.165) is 0 Å². The number of furan rings is 1. The van der Waals surface area contributed by atoms with Gasteiger partial charge in [0.25, 0.3) is 0 Å². The summed E-state index contributed by atoms with van der Waals surface area (Å²) in [7, 11) is 2.84. The lowest BCUT2D eigenvalue weighted by atomic mass is 10.1. The third kappa shape index (κ3) is 3.03. The molecular formula is C15H14O7. The Hall–Kier alpha value is -2.96. The molecule has 22 heavy (non-hydrogen) atoms. The Bertz CT molecular complexity index is 665. The van der Waals surface area contributed by atoms with Crippen LogP contribution in [0.15, 0.2) is 34.9 Å². The molecule has 0 bridgehead atoms. The summed E-state index contributed by atoms with van der Waals surface area (Å²) in [6, 6.07) is 6.29. The van der Waals surface area contributed by atoms with Gasteiger partial charge in [-0.15, -0.1) is 0 Å². The van der Waals surface area contributed by atoms with Gasteiger partial charge in [0.05, 0.1) is 20.5 Å². The summed E-state index contributed by atoms with van der Waals surface area (Å²) in [4.78, 5) is 23.1. The molecule has 116 valence electrons. The fraction of sp³-hybridized carbons (Fsp3) is 0.200. The van der Waals surface area contributed by atoms with Crippen LogP contribution < -0.4 is 9.47 Å². The first kappa shape index (κ1) is 15.4. The maximum atomic E-state index is 12.2. The molecule has 0 fully saturated rings. The fourth-order valence-corrected chi connectivity index (χ4v) is 1.90. The fourth-order valence-electron chi connectivity index (χ4n) is 1.90. The summed E-state index contributed by atoms with van der Waals surface area (Å²) >= 11 is 0. The summed E-state index contributed by atoms with van der Waals surface area (Å²) in [5.74, 6) is -1.58. The van der Waals surface area contributed by atoms with Crippen molar-refractivity contribution in [2.45, 2.75) is 6.61 Å². The van der Waals surface area contributed by atoms with Crippen LogP contribution in [0.1, 0.15) is 26.5 Å². The lowest BCUT2D eigenvalue weighted by molar-refractivity contribution is 0.0454. The van der Waals surface area contributed by atoms with Crippen LogP contribution in [-0.2, 0) is 11.3 Å². The topological polar surface area (TPSA) is 95.2 Å². The Morgan fingerprint density at radius 1 is 1.14 bits per heavy atom. The zero-order valence-corrected chi connectivity index (χ0v) is 12.0. The van der Waals surface area contributed by atoms with Crippen LogP contribution in [0, 0.1) is 0 Å². The smallest absolute Gasteiger partial charge is 0.372 e. The third-order valence-electron chi connectivity index (χ3n) is 2.93. The zero-order chi connectivity index (χ0) is 16.1. The second-order valence-corrected chi connectivity index (χ2v) is 4.19. The second-order valence-electron chi connectivity index (χ2n) is 4.19. The number of benzene rings is 1. The van der Waals surface area contributed by atoms with Crippen LogP contribution >= 0.6 is 0 Å². The number of carbonyl (C=O) groups is 2. The SMILES string of the molecule is COc1cccc(OC)c1C(=O)OCc1ccoc1C(=O)O. The number of rotatable bonds is 6. The van der Waals surface area contributed by atoms with E-state index in [9.17, 15) is 9.59 Å². The third-order valence-corrected chi connectivity index (χ3v) is 2.93. The van der Waals surface area contributed by atoms with E-state index in [-0.39, 0.29) is 23.5 Å². The van der Waals surface area contributed by atoms with Crippen LogP contribution in [0.25, 0.3) is 0 Å². The minimum atomic E-state index is -1.23. The van der Waals surface area contributed by atoms with E-state index >= 15 is 0 Å². The quantitative estimate of drug-likeness (QED) is 0.818.